The van der Waals surface area contributed by atoms with Crippen molar-refractivity contribution in [2.75, 3.05) is 44.6 Å². The van der Waals surface area contributed by atoms with Crippen molar-refractivity contribution < 1.29 is 27.8 Å². The molecular weight excluding hydrogens is 566 g/mol. The SMILES string of the molecule is Cc1ccc(S(=O)(=O)Nc2ccc3c(c2)C(=O)N([C@H](C)CO)C[C@H](C)[C@@H](CN(C)CC2CC2)OCCCC[C@H](C)O3)cc1. The predicted octanol–water partition coefficient (Wildman–Crippen LogP) is 4.93. The van der Waals surface area contributed by atoms with Gasteiger partial charge in [0.25, 0.3) is 15.9 Å². The average molecular weight is 616 g/mol. The first kappa shape index (κ1) is 33.2. The van der Waals surface area contributed by atoms with Crippen LogP contribution in [0.5, 0.6) is 5.75 Å². The number of likely N-dealkylation sites (N-methyl/N-ethyl adjacent to an activating group) is 1. The number of aryl methyl sites for hydroxylation is 1. The molecule has 1 heterocycles. The van der Waals surface area contributed by atoms with Gasteiger partial charge < -0.3 is 24.4 Å². The van der Waals surface area contributed by atoms with Crippen LogP contribution >= 0.6 is 0 Å². The zero-order valence-electron chi connectivity index (χ0n) is 26.3. The molecule has 1 fully saturated rings. The number of amides is 1. The van der Waals surface area contributed by atoms with Gasteiger partial charge in [-0.1, -0.05) is 24.6 Å². The first-order chi connectivity index (χ1) is 20.5. The number of sulfonamides is 1. The lowest BCUT2D eigenvalue weighted by atomic mass is 10.0. The lowest BCUT2D eigenvalue weighted by Crippen LogP contribution is -2.47. The van der Waals surface area contributed by atoms with Crippen LogP contribution in [0, 0.1) is 18.8 Å². The summed E-state index contributed by atoms with van der Waals surface area (Å²) in [5.74, 6) is 0.831. The number of anilines is 1. The zero-order chi connectivity index (χ0) is 31.1. The fourth-order valence-electron chi connectivity index (χ4n) is 5.50. The molecule has 2 N–H and O–H groups in total. The van der Waals surface area contributed by atoms with Crippen molar-refractivity contribution in [3.63, 3.8) is 0 Å². The van der Waals surface area contributed by atoms with Gasteiger partial charge in [-0.2, -0.15) is 0 Å². The number of aliphatic hydroxyl groups excluding tert-OH is 1. The highest BCUT2D eigenvalue weighted by Gasteiger charge is 2.31. The number of hydrogen-bond acceptors (Lipinski definition) is 7. The number of ether oxygens (including phenoxy) is 2. The summed E-state index contributed by atoms with van der Waals surface area (Å²) in [4.78, 5) is 18.4. The van der Waals surface area contributed by atoms with Gasteiger partial charge in [0.2, 0.25) is 0 Å². The molecule has 238 valence electrons. The third-order valence-electron chi connectivity index (χ3n) is 8.39. The number of benzene rings is 2. The van der Waals surface area contributed by atoms with Crippen LogP contribution in [-0.4, -0.2) is 87.4 Å². The van der Waals surface area contributed by atoms with Crippen LogP contribution in [0.3, 0.4) is 0 Å². The van der Waals surface area contributed by atoms with Crippen LogP contribution in [0.4, 0.5) is 5.69 Å². The second kappa shape index (κ2) is 14.9. The van der Waals surface area contributed by atoms with E-state index in [1.165, 1.54) is 12.8 Å². The zero-order valence-corrected chi connectivity index (χ0v) is 27.1. The van der Waals surface area contributed by atoms with Crippen molar-refractivity contribution in [2.24, 2.45) is 11.8 Å². The third kappa shape index (κ3) is 9.41. The Hall–Kier alpha value is -2.66. The summed E-state index contributed by atoms with van der Waals surface area (Å²) in [6, 6.07) is 11.0. The van der Waals surface area contributed by atoms with Gasteiger partial charge in [-0.3, -0.25) is 9.52 Å². The van der Waals surface area contributed by atoms with E-state index in [0.29, 0.717) is 18.9 Å². The summed E-state index contributed by atoms with van der Waals surface area (Å²) < 4.78 is 41.7. The monoisotopic (exact) mass is 615 g/mol. The molecule has 0 unspecified atom stereocenters. The lowest BCUT2D eigenvalue weighted by molar-refractivity contribution is -0.0172. The van der Waals surface area contributed by atoms with E-state index in [0.717, 1.165) is 43.8 Å². The molecule has 0 radical (unpaired) electrons. The van der Waals surface area contributed by atoms with E-state index in [-0.39, 0.29) is 46.8 Å². The molecule has 10 heteroatoms. The number of carbonyl (C=O) groups excluding carboxylic acids is 1. The molecule has 4 rings (SSSR count). The predicted molar refractivity (Wildman–Crippen MR) is 169 cm³/mol. The minimum atomic E-state index is -3.88. The number of nitrogens with one attached hydrogen (secondary N) is 1. The molecule has 2 aromatic rings. The Balaban J connectivity index is 1.65. The van der Waals surface area contributed by atoms with E-state index < -0.39 is 16.1 Å². The molecule has 1 amide bonds. The molecule has 1 aliphatic carbocycles. The highest BCUT2D eigenvalue weighted by molar-refractivity contribution is 7.92. The van der Waals surface area contributed by atoms with E-state index >= 15 is 0 Å². The second-order valence-corrected chi connectivity index (χ2v) is 14.3. The molecule has 0 saturated heterocycles. The minimum Gasteiger partial charge on any atom is -0.490 e. The molecule has 9 nitrogen and oxygen atoms in total. The fraction of sp³-hybridized carbons (Fsp3) is 0.606. The number of fused-ring (bicyclic) bond motifs is 1. The van der Waals surface area contributed by atoms with Crippen LogP contribution in [0.2, 0.25) is 0 Å². The van der Waals surface area contributed by atoms with Crippen LogP contribution < -0.4 is 9.46 Å². The number of nitrogens with zero attached hydrogens (tertiary/aromatic N) is 2. The maximum Gasteiger partial charge on any atom is 0.261 e. The van der Waals surface area contributed by atoms with Crippen molar-refractivity contribution >= 4 is 21.6 Å². The molecule has 0 bridgehead atoms. The van der Waals surface area contributed by atoms with Crippen molar-refractivity contribution in [1.82, 2.24) is 9.80 Å². The summed E-state index contributed by atoms with van der Waals surface area (Å²) in [5.41, 5.74) is 1.47. The molecule has 1 saturated carbocycles. The van der Waals surface area contributed by atoms with Crippen LogP contribution in [0.25, 0.3) is 0 Å². The van der Waals surface area contributed by atoms with Gasteiger partial charge in [0.15, 0.2) is 0 Å². The average Bonchev–Trinajstić information content (AvgIpc) is 3.78. The Labute approximate surface area is 257 Å². The largest absolute Gasteiger partial charge is 0.490 e. The second-order valence-electron chi connectivity index (χ2n) is 12.6. The molecule has 0 spiro atoms. The van der Waals surface area contributed by atoms with Crippen LogP contribution in [0.15, 0.2) is 47.4 Å². The lowest BCUT2D eigenvalue weighted by Gasteiger charge is -2.36. The summed E-state index contributed by atoms with van der Waals surface area (Å²) in [6.07, 6.45) is 4.95. The topological polar surface area (TPSA) is 108 Å². The van der Waals surface area contributed by atoms with Gasteiger partial charge in [-0.15, -0.1) is 0 Å². The van der Waals surface area contributed by atoms with Gasteiger partial charge in [-0.05, 0) is 96.2 Å². The van der Waals surface area contributed by atoms with E-state index in [9.17, 15) is 18.3 Å². The fourth-order valence-corrected chi connectivity index (χ4v) is 6.55. The van der Waals surface area contributed by atoms with E-state index in [1.807, 2.05) is 20.8 Å². The van der Waals surface area contributed by atoms with Crippen molar-refractivity contribution in [2.45, 2.75) is 82.9 Å². The molecule has 43 heavy (non-hydrogen) atoms. The highest BCUT2D eigenvalue weighted by Crippen LogP contribution is 2.31. The maximum absolute atomic E-state index is 14.3. The summed E-state index contributed by atoms with van der Waals surface area (Å²) in [5, 5.41) is 10.2. The third-order valence-corrected chi connectivity index (χ3v) is 9.79. The number of rotatable bonds is 9. The number of aliphatic hydroxyl groups is 1. The van der Waals surface area contributed by atoms with E-state index in [4.69, 9.17) is 9.47 Å². The normalized spacial score (nSPS) is 23.3. The highest BCUT2D eigenvalue weighted by atomic mass is 32.2. The van der Waals surface area contributed by atoms with Gasteiger partial charge >= 0.3 is 0 Å². The van der Waals surface area contributed by atoms with Crippen molar-refractivity contribution in [3.8, 4) is 5.75 Å². The Morgan fingerprint density at radius 1 is 1.07 bits per heavy atom. The van der Waals surface area contributed by atoms with Gasteiger partial charge in [0.05, 0.1) is 35.3 Å². The van der Waals surface area contributed by atoms with Crippen LogP contribution in [-0.2, 0) is 14.8 Å². The van der Waals surface area contributed by atoms with Gasteiger partial charge in [-0.25, -0.2) is 8.42 Å². The molecule has 0 aromatic heterocycles. The first-order valence-electron chi connectivity index (χ1n) is 15.6. The smallest absolute Gasteiger partial charge is 0.261 e. The minimum absolute atomic E-state index is 0.00550. The summed E-state index contributed by atoms with van der Waals surface area (Å²) >= 11 is 0. The van der Waals surface area contributed by atoms with Gasteiger partial charge in [0, 0.05) is 37.8 Å². The van der Waals surface area contributed by atoms with E-state index in [2.05, 4.69) is 23.6 Å². The van der Waals surface area contributed by atoms with Crippen LogP contribution in [0.1, 0.15) is 68.8 Å². The molecular formula is C33H49N3O6S. The molecule has 2 aromatic carbocycles. The summed E-state index contributed by atoms with van der Waals surface area (Å²) in [7, 11) is -1.74. The Kier molecular flexibility index (Phi) is 11.5. The Morgan fingerprint density at radius 3 is 2.47 bits per heavy atom. The Morgan fingerprint density at radius 2 is 1.79 bits per heavy atom. The Bertz CT molecular complexity index is 1310. The molecule has 2 aliphatic rings. The van der Waals surface area contributed by atoms with Gasteiger partial charge in [0.1, 0.15) is 5.75 Å². The summed E-state index contributed by atoms with van der Waals surface area (Å²) in [6.45, 7) is 10.4. The van der Waals surface area contributed by atoms with E-state index in [1.54, 1.807) is 47.4 Å². The number of carbonyl (C=O) groups is 1. The maximum atomic E-state index is 14.3. The number of hydrogen-bond donors (Lipinski definition) is 2. The van der Waals surface area contributed by atoms with Crippen molar-refractivity contribution in [3.05, 3.63) is 53.6 Å². The standard InChI is InChI=1S/C33H49N3O6S/c1-23-9-14-29(15-10-23)43(39,40)34-28-13-16-31-30(18-28)33(38)36(25(3)22-37)19-24(2)32(21-35(5)20-27-11-12-27)41-17-7-6-8-26(4)42-31/h9-10,13-16,18,24-27,32,34,37H,6-8,11-12,17,19-22H2,1-5H3/t24-,25+,26-,32+/m0/s1. The first-order valence-corrected chi connectivity index (χ1v) is 17.1. The van der Waals surface area contributed by atoms with Crippen molar-refractivity contribution in [1.29, 1.82) is 0 Å². The molecule has 1 aliphatic heterocycles. The quantitative estimate of drug-likeness (QED) is 0.412. The molecule has 4 atom stereocenters.